The van der Waals surface area contributed by atoms with E-state index in [1.165, 1.54) is 0 Å². The van der Waals surface area contributed by atoms with E-state index in [2.05, 4.69) is 0 Å². The molecule has 79 heavy (non-hydrogen) atoms. The number of pyridine rings is 1. The molecule has 0 fully saturated rings. The molecule has 6 aromatic carbocycles. The smallest absolute Gasteiger partial charge is 0.287 e. The Labute approximate surface area is 430 Å². The molecule has 29 heteroatoms. The molecule has 1 unspecified atom stereocenters. The highest BCUT2D eigenvalue weighted by atomic mass is 32.2. The Morgan fingerprint density at radius 2 is 0.658 bits per heavy atom. The van der Waals surface area contributed by atoms with E-state index in [4.69, 9.17) is 0 Å². The summed E-state index contributed by atoms with van der Waals surface area (Å²) in [6.07, 6.45) is -49.3. The van der Waals surface area contributed by atoms with Crippen molar-refractivity contribution in [1.29, 1.82) is 0 Å². The Bertz CT molecular complexity index is 2990. The third-order valence-electron chi connectivity index (χ3n) is 12.0. The summed E-state index contributed by atoms with van der Waals surface area (Å²) in [7, 11) is -1.02. The molecule has 1 aromatic heterocycles. The molecule has 0 N–H and O–H groups in total. The van der Waals surface area contributed by atoms with Crippen LogP contribution in [0, 0.1) is 0 Å². The molecule has 1 atom stereocenters. The van der Waals surface area contributed by atoms with Crippen molar-refractivity contribution in [2.24, 2.45) is 0 Å². The summed E-state index contributed by atoms with van der Waals surface area (Å²) in [4.78, 5) is 13.1. The third kappa shape index (κ3) is 14.0. The van der Waals surface area contributed by atoms with E-state index < -0.39 is 206 Å². The number of fused-ring (bicyclic) bond motifs is 1. The first kappa shape index (κ1) is 61.2. The topological polar surface area (TPSA) is 38.0 Å². The van der Waals surface area contributed by atoms with Crippen LogP contribution in [0.15, 0.2) is 145 Å². The predicted octanol–water partition coefficient (Wildman–Crippen LogP) is 14.0. The molecule has 3 nitrogen and oxygen atoms in total. The highest BCUT2D eigenvalue weighted by Crippen LogP contribution is 2.41. The fourth-order valence-electron chi connectivity index (χ4n) is 8.44. The lowest BCUT2D eigenvalue weighted by atomic mass is 9.12. The molecule has 0 spiro atoms. The molecule has 1 heterocycles. The van der Waals surface area contributed by atoms with Crippen molar-refractivity contribution < 1.29 is 119 Å². The van der Waals surface area contributed by atoms with Gasteiger partial charge in [-0.05, 0) is 60.0 Å². The van der Waals surface area contributed by atoms with Gasteiger partial charge in [-0.25, -0.2) is 0 Å². The summed E-state index contributed by atoms with van der Waals surface area (Å²) in [6.45, 7) is 0.291. The number of aromatic nitrogens is 1. The molecule has 422 valence electrons. The number of ketones is 1. The SMILES string of the molecule is CS(=O)c1ccc(C(=O)C[n+]2ccc3ccccc3c2)cc1.FC(F)(F)c1cc([B-](c2cc(C(F)(F)F)cc(C(F)(F)F)c2)(c2cc(C(F)(F)F)cc(C(F)(F)F)c2)c2cc(C(F)(F)F)cc(C(F)(F)F)c2)cc(C(F)(F)F)c1. The highest BCUT2D eigenvalue weighted by molar-refractivity contribution is 7.84. The van der Waals surface area contributed by atoms with Crippen LogP contribution < -0.4 is 26.4 Å². The Hall–Kier alpha value is -7.07. The number of halogens is 24. The number of rotatable bonds is 8. The Balaban J connectivity index is 0.000000378. The summed E-state index contributed by atoms with van der Waals surface area (Å²) in [5, 5.41) is 2.26. The van der Waals surface area contributed by atoms with Crippen molar-refractivity contribution in [1.82, 2.24) is 0 Å². The molecule has 0 bridgehead atoms. The van der Waals surface area contributed by atoms with E-state index in [9.17, 15) is 114 Å². The standard InChI is InChI=1S/C32H12BF24.C18H16NO2S/c34-25(35,36)13-1-14(26(37,38)39)6-21(5-13)33(22-7-15(27(40,41)42)2-16(8-22)28(43,44)45,23-9-17(29(46,47)48)3-18(10-23)30(49,50)51)24-11-19(31(52,53)54)4-20(12-24)32(55,56)57;1-22(21)17-8-6-15(7-9-17)18(20)13-19-11-10-14-4-2-3-5-16(14)12-19/h1-12H;2-12H,13H2,1H3/q-1;+1. The van der Waals surface area contributed by atoms with Gasteiger partial charge in [0.05, 0.1) is 44.5 Å². The zero-order valence-electron chi connectivity index (χ0n) is 38.8. The lowest BCUT2D eigenvalue weighted by Crippen LogP contribution is -2.75. The second-order valence-electron chi connectivity index (χ2n) is 17.4. The van der Waals surface area contributed by atoms with E-state index in [0.717, 1.165) is 15.7 Å². The van der Waals surface area contributed by atoms with Crippen molar-refractivity contribution in [2.75, 3.05) is 6.26 Å². The van der Waals surface area contributed by atoms with E-state index in [-0.39, 0.29) is 5.78 Å². The zero-order valence-corrected chi connectivity index (χ0v) is 39.6. The van der Waals surface area contributed by atoms with E-state index in [0.29, 0.717) is 12.1 Å². The van der Waals surface area contributed by atoms with Crippen LogP contribution in [-0.4, -0.2) is 22.4 Å². The second kappa shape index (κ2) is 21.2. The monoisotopic (exact) mass is 1170 g/mol. The van der Waals surface area contributed by atoms with Gasteiger partial charge in [0.25, 0.3) is 0 Å². The third-order valence-corrected chi connectivity index (χ3v) is 13.0. The van der Waals surface area contributed by atoms with Crippen LogP contribution in [0.25, 0.3) is 10.8 Å². The lowest BCUT2D eigenvalue weighted by molar-refractivity contribution is -0.681. The fraction of sp³-hybridized carbons (Fsp3) is 0.200. The Morgan fingerprint density at radius 1 is 0.392 bits per heavy atom. The quantitative estimate of drug-likeness (QED) is 0.0658. The normalized spacial score (nSPS) is 13.7. The number of hydrogen-bond donors (Lipinski definition) is 0. The molecule has 0 saturated heterocycles. The van der Waals surface area contributed by atoms with Crippen molar-refractivity contribution in [3.63, 3.8) is 0 Å². The van der Waals surface area contributed by atoms with Crippen LogP contribution in [-0.2, 0) is 66.8 Å². The first-order chi connectivity index (χ1) is 35.9. The van der Waals surface area contributed by atoms with Gasteiger partial charge in [0, 0.05) is 39.0 Å². The van der Waals surface area contributed by atoms with Crippen LogP contribution in [0.1, 0.15) is 54.9 Å². The average molecular weight is 1170 g/mol. The zero-order chi connectivity index (χ0) is 59.4. The Morgan fingerprint density at radius 3 is 0.911 bits per heavy atom. The number of alkyl halides is 24. The minimum atomic E-state index is -6.13. The van der Waals surface area contributed by atoms with Gasteiger partial charge >= 0.3 is 49.4 Å². The maximum atomic E-state index is 14.2. The van der Waals surface area contributed by atoms with Crippen LogP contribution in [0.4, 0.5) is 105 Å². The van der Waals surface area contributed by atoms with Gasteiger partial charge in [-0.15, -0.1) is 0 Å². The maximum Gasteiger partial charge on any atom is 0.416 e. The van der Waals surface area contributed by atoms with Gasteiger partial charge in [-0.2, -0.15) is 132 Å². The summed E-state index contributed by atoms with van der Waals surface area (Å²) in [6, 6.07) is 8.22. The van der Waals surface area contributed by atoms with Crippen molar-refractivity contribution >= 4 is 55.4 Å². The van der Waals surface area contributed by atoms with Gasteiger partial charge < -0.3 is 0 Å². The van der Waals surface area contributed by atoms with E-state index >= 15 is 0 Å². The summed E-state index contributed by atoms with van der Waals surface area (Å²) >= 11 is 0. The van der Waals surface area contributed by atoms with Gasteiger partial charge in [0.15, 0.2) is 12.4 Å². The molecule has 0 aliphatic heterocycles. The van der Waals surface area contributed by atoms with Gasteiger partial charge in [0.2, 0.25) is 12.3 Å². The van der Waals surface area contributed by atoms with Crippen molar-refractivity contribution in [2.45, 2.75) is 60.9 Å². The number of hydrogen-bond acceptors (Lipinski definition) is 2. The molecule has 0 amide bonds. The first-order valence-electron chi connectivity index (χ1n) is 21.6. The molecule has 0 aliphatic rings. The minimum Gasteiger partial charge on any atom is -0.287 e. The van der Waals surface area contributed by atoms with Crippen LogP contribution in [0.5, 0.6) is 0 Å². The number of carbonyl (C=O) groups is 1. The number of Topliss-reactive ketones (excluding diaryl/α,β-unsaturated/α-hetero) is 1. The maximum absolute atomic E-state index is 14.2. The molecule has 7 rings (SSSR count). The number of nitrogens with zero attached hydrogens (tertiary/aromatic N) is 1. The second-order valence-corrected chi connectivity index (χ2v) is 18.8. The van der Waals surface area contributed by atoms with Gasteiger partial charge in [0.1, 0.15) is 6.15 Å². The van der Waals surface area contributed by atoms with Crippen LogP contribution >= 0.6 is 0 Å². The average Bonchev–Trinajstić information content (AvgIpc) is 3.32. The van der Waals surface area contributed by atoms with Gasteiger partial charge in [-0.3, -0.25) is 9.00 Å². The molecule has 0 aliphatic carbocycles. The van der Waals surface area contributed by atoms with Crippen molar-refractivity contribution in [3.8, 4) is 0 Å². The molecular formula is C50H28BF24NO2S. The first-order valence-corrected chi connectivity index (χ1v) is 23.2. The largest absolute Gasteiger partial charge is 0.416 e. The molecule has 7 aromatic rings. The summed E-state index contributed by atoms with van der Waals surface area (Å²) < 4.78 is 354. The molecule has 0 saturated carbocycles. The fourth-order valence-corrected chi connectivity index (χ4v) is 8.96. The summed E-state index contributed by atoms with van der Waals surface area (Å²) in [5.41, 5.74) is -29.6. The van der Waals surface area contributed by atoms with Crippen molar-refractivity contribution in [3.05, 3.63) is 190 Å². The minimum absolute atomic E-state index is 0.0358. The van der Waals surface area contributed by atoms with Crippen LogP contribution in [0.2, 0.25) is 0 Å². The highest BCUT2D eigenvalue weighted by Gasteiger charge is 2.47. The number of benzene rings is 6. The predicted molar refractivity (Wildman–Crippen MR) is 237 cm³/mol. The molecule has 0 radical (unpaired) electrons. The molecular weight excluding hydrogens is 1150 g/mol. The Kier molecular flexibility index (Phi) is 16.4. The van der Waals surface area contributed by atoms with Crippen LogP contribution in [0.3, 0.4) is 0 Å². The van der Waals surface area contributed by atoms with E-state index in [1.807, 2.05) is 47.3 Å². The lowest BCUT2D eigenvalue weighted by Gasteiger charge is -2.46. The van der Waals surface area contributed by atoms with Gasteiger partial charge in [-0.1, -0.05) is 66.7 Å². The van der Waals surface area contributed by atoms with E-state index in [1.54, 1.807) is 30.5 Å². The summed E-state index contributed by atoms with van der Waals surface area (Å²) in [5.74, 6) is 0.0358. The number of carbonyl (C=O) groups excluding carboxylic acids is 1.